The molecular formula is C17H19N3. The molecule has 0 aliphatic carbocycles. The molecule has 0 aliphatic rings. The maximum atomic E-state index is 9.31. The zero-order chi connectivity index (χ0) is 14.5. The van der Waals surface area contributed by atoms with Crippen LogP contribution in [0.1, 0.15) is 29.4 Å². The van der Waals surface area contributed by atoms with Gasteiger partial charge in [0.15, 0.2) is 0 Å². The molecule has 1 heterocycles. The van der Waals surface area contributed by atoms with Crippen molar-refractivity contribution < 1.29 is 0 Å². The summed E-state index contributed by atoms with van der Waals surface area (Å²) in [5, 5.41) is 9.31. The van der Waals surface area contributed by atoms with Crippen molar-refractivity contribution in [2.45, 2.75) is 27.3 Å². The van der Waals surface area contributed by atoms with Crippen LogP contribution in [0.5, 0.6) is 0 Å². The number of pyridine rings is 1. The summed E-state index contributed by atoms with van der Waals surface area (Å²) in [5.74, 6) is 0. The fourth-order valence-electron chi connectivity index (χ4n) is 2.27. The third-order valence-corrected chi connectivity index (χ3v) is 3.29. The van der Waals surface area contributed by atoms with Crippen LogP contribution in [-0.2, 0) is 6.54 Å². The zero-order valence-corrected chi connectivity index (χ0v) is 12.2. The number of hydrogen-bond acceptors (Lipinski definition) is 3. The Bertz CT molecular complexity index is 641. The van der Waals surface area contributed by atoms with Crippen LogP contribution in [-0.4, -0.2) is 11.5 Å². The molecule has 0 saturated heterocycles. The van der Waals surface area contributed by atoms with Crippen molar-refractivity contribution in [1.29, 1.82) is 5.26 Å². The Morgan fingerprint density at radius 3 is 2.65 bits per heavy atom. The summed E-state index contributed by atoms with van der Waals surface area (Å²) in [6, 6.07) is 14.3. The molecule has 0 amide bonds. The second kappa shape index (κ2) is 6.21. The van der Waals surface area contributed by atoms with Gasteiger partial charge in [0, 0.05) is 12.2 Å². The average Bonchev–Trinajstić information content (AvgIpc) is 2.45. The van der Waals surface area contributed by atoms with E-state index >= 15 is 0 Å². The third kappa shape index (κ3) is 3.16. The number of nitrogens with zero attached hydrogens (tertiary/aromatic N) is 3. The van der Waals surface area contributed by atoms with Gasteiger partial charge in [-0.2, -0.15) is 5.26 Å². The predicted octanol–water partition coefficient (Wildman–Crippen LogP) is 3.60. The lowest BCUT2D eigenvalue weighted by Crippen LogP contribution is -2.23. The Balaban J connectivity index is 2.31. The summed E-state index contributed by atoms with van der Waals surface area (Å²) in [6.45, 7) is 7.65. The second-order valence-electron chi connectivity index (χ2n) is 4.92. The number of hydrogen-bond donors (Lipinski definition) is 0. The van der Waals surface area contributed by atoms with Gasteiger partial charge < -0.3 is 4.90 Å². The molecule has 3 nitrogen and oxygen atoms in total. The molecule has 0 unspecified atom stereocenters. The predicted molar refractivity (Wildman–Crippen MR) is 81.6 cm³/mol. The van der Waals surface area contributed by atoms with Gasteiger partial charge in [0.1, 0.15) is 6.07 Å². The molecule has 0 N–H and O–H groups in total. The lowest BCUT2D eigenvalue weighted by Gasteiger charge is -2.24. The van der Waals surface area contributed by atoms with Gasteiger partial charge in [-0.05, 0) is 50.6 Å². The van der Waals surface area contributed by atoms with Gasteiger partial charge in [0.25, 0.3) is 0 Å². The van der Waals surface area contributed by atoms with Gasteiger partial charge in [-0.25, -0.2) is 0 Å². The molecule has 3 heteroatoms. The van der Waals surface area contributed by atoms with E-state index in [1.165, 1.54) is 0 Å². The molecule has 0 spiro atoms. The van der Waals surface area contributed by atoms with E-state index in [-0.39, 0.29) is 0 Å². The fraction of sp³-hybridized carbons (Fsp3) is 0.294. The molecule has 0 saturated carbocycles. The fourth-order valence-corrected chi connectivity index (χ4v) is 2.27. The minimum Gasteiger partial charge on any atom is -0.365 e. The molecule has 20 heavy (non-hydrogen) atoms. The summed E-state index contributed by atoms with van der Waals surface area (Å²) in [7, 11) is 0. The van der Waals surface area contributed by atoms with E-state index in [0.29, 0.717) is 0 Å². The normalized spacial score (nSPS) is 10.1. The SMILES string of the molecule is CCN(Cc1cccc(C)n1)c1ccc(C)cc1C#N. The minimum atomic E-state index is 0.718. The van der Waals surface area contributed by atoms with Crippen LogP contribution in [0.4, 0.5) is 5.69 Å². The maximum absolute atomic E-state index is 9.31. The first-order chi connectivity index (χ1) is 9.63. The lowest BCUT2D eigenvalue weighted by molar-refractivity contribution is 0.804. The minimum absolute atomic E-state index is 0.718. The van der Waals surface area contributed by atoms with E-state index in [1.54, 1.807) is 0 Å². The first kappa shape index (κ1) is 14.1. The van der Waals surface area contributed by atoms with Crippen molar-refractivity contribution in [3.05, 3.63) is 58.9 Å². The smallest absolute Gasteiger partial charge is 0.101 e. The number of anilines is 1. The van der Waals surface area contributed by atoms with Gasteiger partial charge in [-0.15, -0.1) is 0 Å². The largest absolute Gasteiger partial charge is 0.365 e. The number of aryl methyl sites for hydroxylation is 2. The molecule has 2 rings (SSSR count). The Morgan fingerprint density at radius 2 is 2.00 bits per heavy atom. The van der Waals surface area contributed by atoms with Crippen molar-refractivity contribution >= 4 is 5.69 Å². The van der Waals surface area contributed by atoms with Crippen LogP contribution >= 0.6 is 0 Å². The standard InChI is InChI=1S/C17H19N3/c1-4-20(12-16-7-5-6-14(3)19-16)17-9-8-13(2)10-15(17)11-18/h5-10H,4,12H2,1-3H3. The van der Waals surface area contributed by atoms with E-state index in [4.69, 9.17) is 0 Å². The second-order valence-corrected chi connectivity index (χ2v) is 4.92. The van der Waals surface area contributed by atoms with Crippen LogP contribution in [0.3, 0.4) is 0 Å². The summed E-state index contributed by atoms with van der Waals surface area (Å²) >= 11 is 0. The van der Waals surface area contributed by atoms with Crippen LogP contribution in [0.15, 0.2) is 36.4 Å². The number of nitriles is 1. The molecule has 1 aromatic carbocycles. The molecule has 0 bridgehead atoms. The Kier molecular flexibility index (Phi) is 4.37. The van der Waals surface area contributed by atoms with E-state index in [9.17, 15) is 5.26 Å². The van der Waals surface area contributed by atoms with Crippen LogP contribution in [0, 0.1) is 25.2 Å². The van der Waals surface area contributed by atoms with Crippen molar-refractivity contribution in [3.8, 4) is 6.07 Å². The van der Waals surface area contributed by atoms with Gasteiger partial charge in [-0.1, -0.05) is 12.1 Å². The molecule has 1 aromatic heterocycles. The molecule has 102 valence electrons. The van der Waals surface area contributed by atoms with Gasteiger partial charge in [0.2, 0.25) is 0 Å². The van der Waals surface area contributed by atoms with E-state index < -0.39 is 0 Å². The quantitative estimate of drug-likeness (QED) is 0.848. The molecule has 0 radical (unpaired) electrons. The summed E-state index contributed by atoms with van der Waals surface area (Å²) in [4.78, 5) is 6.72. The van der Waals surface area contributed by atoms with Crippen LogP contribution in [0.2, 0.25) is 0 Å². The first-order valence-corrected chi connectivity index (χ1v) is 6.82. The molecular weight excluding hydrogens is 246 g/mol. The molecule has 0 aliphatic heterocycles. The van der Waals surface area contributed by atoms with Crippen molar-refractivity contribution in [1.82, 2.24) is 4.98 Å². The zero-order valence-electron chi connectivity index (χ0n) is 12.2. The number of rotatable bonds is 4. The third-order valence-electron chi connectivity index (χ3n) is 3.29. The Labute approximate surface area is 120 Å². The van der Waals surface area contributed by atoms with E-state index in [1.807, 2.05) is 50.2 Å². The molecule has 0 fully saturated rings. The van der Waals surface area contributed by atoms with Gasteiger partial charge >= 0.3 is 0 Å². The topological polar surface area (TPSA) is 39.9 Å². The van der Waals surface area contributed by atoms with Gasteiger partial charge in [0.05, 0.1) is 23.5 Å². The first-order valence-electron chi connectivity index (χ1n) is 6.82. The summed E-state index contributed by atoms with van der Waals surface area (Å²) in [6.07, 6.45) is 0. The lowest BCUT2D eigenvalue weighted by atomic mass is 10.1. The molecule has 0 atom stereocenters. The number of aromatic nitrogens is 1. The highest BCUT2D eigenvalue weighted by atomic mass is 15.1. The van der Waals surface area contributed by atoms with Crippen molar-refractivity contribution in [2.24, 2.45) is 0 Å². The highest BCUT2D eigenvalue weighted by molar-refractivity contribution is 5.60. The summed E-state index contributed by atoms with van der Waals surface area (Å²) in [5.41, 5.74) is 4.85. The highest BCUT2D eigenvalue weighted by Gasteiger charge is 2.11. The Morgan fingerprint density at radius 1 is 1.20 bits per heavy atom. The van der Waals surface area contributed by atoms with Crippen LogP contribution < -0.4 is 4.90 Å². The maximum Gasteiger partial charge on any atom is 0.101 e. The van der Waals surface area contributed by atoms with Gasteiger partial charge in [-0.3, -0.25) is 4.98 Å². The van der Waals surface area contributed by atoms with Crippen LogP contribution in [0.25, 0.3) is 0 Å². The Hall–Kier alpha value is -2.34. The number of benzene rings is 1. The highest BCUT2D eigenvalue weighted by Crippen LogP contribution is 2.22. The average molecular weight is 265 g/mol. The van der Waals surface area contributed by atoms with Crippen molar-refractivity contribution in [2.75, 3.05) is 11.4 Å². The van der Waals surface area contributed by atoms with E-state index in [2.05, 4.69) is 22.9 Å². The molecule has 2 aromatic rings. The van der Waals surface area contributed by atoms with E-state index in [0.717, 1.165) is 41.3 Å². The summed E-state index contributed by atoms with van der Waals surface area (Å²) < 4.78 is 0. The monoisotopic (exact) mass is 265 g/mol. The van der Waals surface area contributed by atoms with Crippen molar-refractivity contribution in [3.63, 3.8) is 0 Å².